The van der Waals surface area contributed by atoms with E-state index in [4.69, 9.17) is 0 Å². The largest absolute Gasteiger partial charge is 0.344 e. The van der Waals surface area contributed by atoms with Crippen molar-refractivity contribution in [1.29, 1.82) is 0 Å². The molecule has 1 saturated heterocycles. The van der Waals surface area contributed by atoms with E-state index in [0.717, 1.165) is 30.8 Å². The maximum Gasteiger partial charge on any atom is 0.344 e. The number of hydrogen-bond donors (Lipinski definition) is 2. The molecule has 0 bridgehead atoms. The van der Waals surface area contributed by atoms with Crippen LogP contribution in [-0.2, 0) is 9.59 Å². The summed E-state index contributed by atoms with van der Waals surface area (Å²) >= 11 is 0. The van der Waals surface area contributed by atoms with Gasteiger partial charge in [-0.05, 0) is 32.6 Å². The molecule has 0 atom stereocenters. The average Bonchev–Trinajstić information content (AvgIpc) is 2.71. The molecule has 24 heavy (non-hydrogen) atoms. The molecule has 0 radical (unpaired) electrons. The van der Waals surface area contributed by atoms with E-state index in [1.807, 2.05) is 18.7 Å². The zero-order valence-electron chi connectivity index (χ0n) is 15.2. The van der Waals surface area contributed by atoms with Crippen LogP contribution in [0.4, 0.5) is 4.79 Å². The number of amides is 4. The molecule has 0 unspecified atom stereocenters. The number of carbonyl (C=O) groups excluding carboxylic acids is 3. The van der Waals surface area contributed by atoms with Crippen LogP contribution < -0.4 is 10.7 Å². The Labute approximate surface area is 144 Å². The number of hydrogen-bond acceptors (Lipinski definition) is 4. The minimum Gasteiger partial charge on any atom is -0.322 e. The van der Waals surface area contributed by atoms with Gasteiger partial charge in [-0.25, -0.2) is 4.79 Å². The third-order valence-electron chi connectivity index (χ3n) is 4.78. The van der Waals surface area contributed by atoms with Gasteiger partial charge in [-0.3, -0.25) is 19.9 Å². The van der Waals surface area contributed by atoms with E-state index >= 15 is 0 Å². The van der Waals surface area contributed by atoms with E-state index in [-0.39, 0.29) is 24.4 Å². The van der Waals surface area contributed by atoms with Crippen molar-refractivity contribution >= 4 is 17.8 Å². The Morgan fingerprint density at radius 1 is 1.21 bits per heavy atom. The second-order valence-electron chi connectivity index (χ2n) is 7.67. The molecule has 7 heteroatoms. The molecule has 2 N–H and O–H groups in total. The van der Waals surface area contributed by atoms with E-state index < -0.39 is 11.6 Å². The summed E-state index contributed by atoms with van der Waals surface area (Å²) in [7, 11) is 0. The van der Waals surface area contributed by atoms with Crippen LogP contribution in [0.5, 0.6) is 0 Å². The summed E-state index contributed by atoms with van der Waals surface area (Å²) in [6.07, 6.45) is 4.22. The molecular formula is C17H30N4O3. The molecule has 1 aliphatic heterocycles. The Morgan fingerprint density at radius 2 is 1.83 bits per heavy atom. The summed E-state index contributed by atoms with van der Waals surface area (Å²) in [5, 5.41) is 3.67. The summed E-state index contributed by atoms with van der Waals surface area (Å²) < 4.78 is 0. The van der Waals surface area contributed by atoms with Gasteiger partial charge in [0, 0.05) is 12.6 Å². The quantitative estimate of drug-likeness (QED) is 0.721. The van der Waals surface area contributed by atoms with Gasteiger partial charge in [-0.1, -0.05) is 33.1 Å². The molecule has 7 nitrogen and oxygen atoms in total. The highest BCUT2D eigenvalue weighted by molar-refractivity contribution is 6.08. The van der Waals surface area contributed by atoms with Gasteiger partial charge in [0.25, 0.3) is 11.8 Å². The van der Waals surface area contributed by atoms with Gasteiger partial charge < -0.3 is 5.32 Å². The fourth-order valence-corrected chi connectivity index (χ4v) is 3.49. The molecule has 1 saturated carbocycles. The van der Waals surface area contributed by atoms with E-state index in [1.54, 1.807) is 0 Å². The maximum atomic E-state index is 12.6. The molecule has 1 spiro atoms. The average molecular weight is 338 g/mol. The van der Waals surface area contributed by atoms with E-state index in [0.29, 0.717) is 18.8 Å². The molecule has 2 rings (SSSR count). The highest BCUT2D eigenvalue weighted by Crippen LogP contribution is 2.32. The first-order valence-corrected chi connectivity index (χ1v) is 8.95. The fourth-order valence-electron chi connectivity index (χ4n) is 3.49. The molecule has 1 heterocycles. The van der Waals surface area contributed by atoms with E-state index in [1.165, 1.54) is 0 Å². The van der Waals surface area contributed by atoms with Gasteiger partial charge in [0.15, 0.2) is 0 Å². The number of carbonyl (C=O) groups is 3. The molecule has 2 fully saturated rings. The van der Waals surface area contributed by atoms with Crippen molar-refractivity contribution in [1.82, 2.24) is 20.7 Å². The van der Waals surface area contributed by atoms with Gasteiger partial charge in [0.1, 0.15) is 5.54 Å². The third-order valence-corrected chi connectivity index (χ3v) is 4.78. The van der Waals surface area contributed by atoms with Crippen LogP contribution in [0, 0.1) is 5.92 Å². The minimum atomic E-state index is -0.807. The minimum absolute atomic E-state index is 0.167. The van der Waals surface area contributed by atoms with Crippen LogP contribution in [-0.4, -0.2) is 52.4 Å². The van der Waals surface area contributed by atoms with Crippen LogP contribution in [0.15, 0.2) is 0 Å². The Bertz CT molecular complexity index is 498. The Kier molecular flexibility index (Phi) is 5.85. The molecule has 136 valence electrons. The number of urea groups is 1. The van der Waals surface area contributed by atoms with Crippen LogP contribution in [0.25, 0.3) is 0 Å². The number of hydrazine groups is 1. The Morgan fingerprint density at radius 3 is 2.38 bits per heavy atom. The Balaban J connectivity index is 1.98. The van der Waals surface area contributed by atoms with Gasteiger partial charge in [-0.15, -0.1) is 0 Å². The molecule has 0 aromatic heterocycles. The smallest absolute Gasteiger partial charge is 0.322 e. The number of nitrogens with one attached hydrogen (secondary N) is 2. The maximum absolute atomic E-state index is 12.6. The second-order valence-corrected chi connectivity index (χ2v) is 7.67. The zero-order valence-corrected chi connectivity index (χ0v) is 15.2. The van der Waals surface area contributed by atoms with E-state index in [2.05, 4.69) is 24.6 Å². The lowest BCUT2D eigenvalue weighted by Gasteiger charge is -2.30. The van der Waals surface area contributed by atoms with Gasteiger partial charge in [-0.2, -0.15) is 5.01 Å². The number of imide groups is 1. The topological polar surface area (TPSA) is 81.8 Å². The molecule has 2 aliphatic rings. The molecule has 0 aromatic rings. The highest BCUT2D eigenvalue weighted by atomic mass is 16.2. The van der Waals surface area contributed by atoms with Crippen LogP contribution in [0.2, 0.25) is 0 Å². The SMILES string of the molecule is CC(C)CN(CC(=O)NN1C(=O)NC2(CCCCC2)C1=O)C(C)C. The predicted molar refractivity (Wildman–Crippen MR) is 90.9 cm³/mol. The van der Waals surface area contributed by atoms with E-state index in [9.17, 15) is 14.4 Å². The Hall–Kier alpha value is -1.63. The number of nitrogens with zero attached hydrogens (tertiary/aromatic N) is 2. The van der Waals surface area contributed by atoms with Crippen molar-refractivity contribution in [2.45, 2.75) is 71.4 Å². The summed E-state index contributed by atoms with van der Waals surface area (Å²) in [4.78, 5) is 39.2. The monoisotopic (exact) mass is 338 g/mol. The van der Waals surface area contributed by atoms with Gasteiger partial charge in [0.2, 0.25) is 0 Å². The third kappa shape index (κ3) is 4.06. The zero-order chi connectivity index (χ0) is 17.9. The standard InChI is InChI=1S/C17H30N4O3/c1-12(2)10-20(13(3)4)11-14(22)19-21-15(23)17(18-16(21)24)8-6-5-7-9-17/h12-13H,5-11H2,1-4H3,(H,18,24)(H,19,22). The lowest BCUT2D eigenvalue weighted by atomic mass is 9.82. The predicted octanol–water partition coefficient (Wildman–Crippen LogP) is 1.64. The fraction of sp³-hybridized carbons (Fsp3) is 0.824. The van der Waals surface area contributed by atoms with Crippen molar-refractivity contribution in [3.63, 3.8) is 0 Å². The number of rotatable bonds is 6. The van der Waals surface area contributed by atoms with Gasteiger partial charge in [0.05, 0.1) is 6.54 Å². The summed E-state index contributed by atoms with van der Waals surface area (Å²) in [5.41, 5.74) is 1.69. The van der Waals surface area contributed by atoms with Crippen LogP contribution in [0.1, 0.15) is 59.8 Å². The van der Waals surface area contributed by atoms with Crippen molar-refractivity contribution < 1.29 is 14.4 Å². The van der Waals surface area contributed by atoms with Crippen molar-refractivity contribution in [2.24, 2.45) is 5.92 Å². The van der Waals surface area contributed by atoms with Crippen LogP contribution in [0.3, 0.4) is 0 Å². The van der Waals surface area contributed by atoms with Crippen LogP contribution >= 0.6 is 0 Å². The summed E-state index contributed by atoms with van der Waals surface area (Å²) in [5.74, 6) is -0.219. The molecule has 1 aliphatic carbocycles. The first-order chi connectivity index (χ1) is 11.2. The summed E-state index contributed by atoms with van der Waals surface area (Å²) in [6, 6.07) is -0.304. The van der Waals surface area contributed by atoms with Crippen molar-refractivity contribution in [2.75, 3.05) is 13.1 Å². The second kappa shape index (κ2) is 7.51. The normalized spacial score (nSPS) is 20.4. The molecule has 0 aromatic carbocycles. The molecular weight excluding hydrogens is 308 g/mol. The lowest BCUT2D eigenvalue weighted by molar-refractivity contribution is -0.140. The molecule has 4 amide bonds. The first kappa shape index (κ1) is 18.7. The highest BCUT2D eigenvalue weighted by Gasteiger charge is 2.52. The van der Waals surface area contributed by atoms with Gasteiger partial charge >= 0.3 is 6.03 Å². The summed E-state index contributed by atoms with van der Waals surface area (Å²) in [6.45, 7) is 9.20. The van der Waals surface area contributed by atoms with Crippen molar-refractivity contribution in [3.05, 3.63) is 0 Å². The first-order valence-electron chi connectivity index (χ1n) is 8.95. The van der Waals surface area contributed by atoms with Crippen molar-refractivity contribution in [3.8, 4) is 0 Å². The lowest BCUT2D eigenvalue weighted by Crippen LogP contribution is -2.53.